The van der Waals surface area contributed by atoms with Crippen LogP contribution in [0.3, 0.4) is 0 Å². The minimum absolute atomic E-state index is 0.0114. The van der Waals surface area contributed by atoms with Gasteiger partial charge in [0.05, 0.1) is 17.6 Å². The van der Waals surface area contributed by atoms with Crippen molar-refractivity contribution in [2.24, 2.45) is 0 Å². The minimum Gasteiger partial charge on any atom is -0.496 e. The molecule has 0 saturated carbocycles. The maximum atomic E-state index is 12.7. The first kappa shape index (κ1) is 19.0. The van der Waals surface area contributed by atoms with E-state index in [1.807, 2.05) is 30.3 Å². The van der Waals surface area contributed by atoms with Crippen LogP contribution in [0.5, 0.6) is 5.75 Å². The zero-order valence-corrected chi connectivity index (χ0v) is 15.3. The number of carbonyl (C=O) groups excluding carboxylic acids is 1. The van der Waals surface area contributed by atoms with E-state index in [0.717, 1.165) is 5.56 Å². The van der Waals surface area contributed by atoms with Crippen LogP contribution < -0.4 is 14.8 Å². The summed E-state index contributed by atoms with van der Waals surface area (Å²) < 4.78 is 33.1. The summed E-state index contributed by atoms with van der Waals surface area (Å²) in [5.41, 5.74) is 1.03. The van der Waals surface area contributed by atoms with Crippen molar-refractivity contribution < 1.29 is 17.9 Å². The molecule has 2 aromatic rings. The molecule has 1 amide bonds. The lowest BCUT2D eigenvalue weighted by Gasteiger charge is -2.16. The molecule has 1 atom stereocenters. The van der Waals surface area contributed by atoms with Crippen LogP contribution in [0.25, 0.3) is 0 Å². The third-order valence-corrected chi connectivity index (χ3v) is 5.23. The third-order valence-electron chi connectivity index (χ3n) is 3.69. The standard InChI is InChI=1S/C18H22N2O4S/c1-4-19-18(21)16-12-15(10-11-17(16)24-3)25(22,23)20-13(2)14-8-6-5-7-9-14/h5-13,20H,4H2,1-3H3,(H,19,21). The first-order chi connectivity index (χ1) is 11.9. The van der Waals surface area contributed by atoms with Gasteiger partial charge in [0.25, 0.3) is 5.91 Å². The second-order valence-electron chi connectivity index (χ2n) is 5.48. The molecule has 0 heterocycles. The highest BCUT2D eigenvalue weighted by molar-refractivity contribution is 7.89. The van der Waals surface area contributed by atoms with Gasteiger partial charge in [0.2, 0.25) is 10.0 Å². The van der Waals surface area contributed by atoms with Gasteiger partial charge in [-0.05, 0) is 37.6 Å². The average Bonchev–Trinajstić information content (AvgIpc) is 2.61. The highest BCUT2D eigenvalue weighted by Gasteiger charge is 2.21. The number of sulfonamides is 1. The van der Waals surface area contributed by atoms with Gasteiger partial charge in [-0.2, -0.15) is 0 Å². The normalized spacial score (nSPS) is 12.4. The van der Waals surface area contributed by atoms with Crippen LogP contribution in [-0.4, -0.2) is 28.0 Å². The molecule has 0 saturated heterocycles. The van der Waals surface area contributed by atoms with E-state index >= 15 is 0 Å². The van der Waals surface area contributed by atoms with Crippen LogP contribution in [0, 0.1) is 0 Å². The van der Waals surface area contributed by atoms with Gasteiger partial charge in [-0.1, -0.05) is 30.3 Å². The molecule has 0 fully saturated rings. The Kier molecular flexibility index (Phi) is 6.17. The summed E-state index contributed by atoms with van der Waals surface area (Å²) in [5.74, 6) is -0.0616. The maximum absolute atomic E-state index is 12.7. The fourth-order valence-electron chi connectivity index (χ4n) is 2.40. The fraction of sp³-hybridized carbons (Fsp3) is 0.278. The predicted octanol–water partition coefficient (Wildman–Crippen LogP) is 2.48. The maximum Gasteiger partial charge on any atom is 0.255 e. The second kappa shape index (κ2) is 8.13. The van der Waals surface area contributed by atoms with Gasteiger partial charge < -0.3 is 10.1 Å². The number of hydrogen-bond donors (Lipinski definition) is 2. The molecule has 0 aromatic heterocycles. The molecule has 0 radical (unpaired) electrons. The van der Waals surface area contributed by atoms with E-state index in [1.165, 1.54) is 25.3 Å². The predicted molar refractivity (Wildman–Crippen MR) is 96.2 cm³/mol. The summed E-state index contributed by atoms with van der Waals surface area (Å²) in [4.78, 5) is 12.2. The Balaban J connectivity index is 2.33. The molecule has 134 valence electrons. The summed E-state index contributed by atoms with van der Waals surface area (Å²) in [6.45, 7) is 3.98. The first-order valence-electron chi connectivity index (χ1n) is 7.92. The van der Waals surface area contributed by atoms with E-state index in [0.29, 0.717) is 12.3 Å². The Bertz CT molecular complexity index is 835. The van der Waals surface area contributed by atoms with Gasteiger partial charge >= 0.3 is 0 Å². The van der Waals surface area contributed by atoms with Crippen molar-refractivity contribution in [2.75, 3.05) is 13.7 Å². The fourth-order valence-corrected chi connectivity index (χ4v) is 3.66. The van der Waals surface area contributed by atoms with Crippen molar-refractivity contribution in [3.63, 3.8) is 0 Å². The number of amides is 1. The van der Waals surface area contributed by atoms with E-state index < -0.39 is 16.1 Å². The molecule has 0 aliphatic heterocycles. The Morgan fingerprint density at radius 1 is 1.16 bits per heavy atom. The first-order valence-corrected chi connectivity index (χ1v) is 9.41. The Labute approximate surface area is 148 Å². The largest absolute Gasteiger partial charge is 0.496 e. The number of ether oxygens (including phenoxy) is 1. The van der Waals surface area contributed by atoms with Gasteiger partial charge in [0.1, 0.15) is 5.75 Å². The molecular formula is C18H22N2O4S. The van der Waals surface area contributed by atoms with Crippen LogP contribution in [0.15, 0.2) is 53.4 Å². The number of benzene rings is 2. The van der Waals surface area contributed by atoms with Gasteiger partial charge in [-0.15, -0.1) is 0 Å². The average molecular weight is 362 g/mol. The highest BCUT2D eigenvalue weighted by atomic mass is 32.2. The smallest absolute Gasteiger partial charge is 0.255 e. The molecule has 1 unspecified atom stereocenters. The number of rotatable bonds is 7. The summed E-state index contributed by atoms with van der Waals surface area (Å²) in [6, 6.07) is 13.1. The minimum atomic E-state index is -3.79. The third kappa shape index (κ3) is 4.58. The lowest BCUT2D eigenvalue weighted by molar-refractivity contribution is 0.0952. The molecule has 6 nitrogen and oxygen atoms in total. The van der Waals surface area contributed by atoms with Gasteiger partial charge in [0.15, 0.2) is 0 Å². The molecule has 0 aliphatic carbocycles. The van der Waals surface area contributed by atoms with Gasteiger partial charge in [-0.25, -0.2) is 13.1 Å². The van der Waals surface area contributed by atoms with E-state index in [4.69, 9.17) is 4.74 Å². The topological polar surface area (TPSA) is 84.5 Å². The monoisotopic (exact) mass is 362 g/mol. The van der Waals surface area contributed by atoms with E-state index in [-0.39, 0.29) is 16.4 Å². The summed E-state index contributed by atoms with van der Waals surface area (Å²) in [7, 11) is -2.36. The molecular weight excluding hydrogens is 340 g/mol. The zero-order chi connectivity index (χ0) is 18.4. The van der Waals surface area contributed by atoms with Crippen molar-refractivity contribution in [2.45, 2.75) is 24.8 Å². The molecule has 7 heteroatoms. The lowest BCUT2D eigenvalue weighted by atomic mass is 10.1. The molecule has 2 rings (SSSR count). The van der Waals surface area contributed by atoms with Crippen molar-refractivity contribution in [3.8, 4) is 5.75 Å². The quantitative estimate of drug-likeness (QED) is 0.792. The van der Waals surface area contributed by atoms with Gasteiger partial charge in [-0.3, -0.25) is 4.79 Å². The van der Waals surface area contributed by atoms with Gasteiger partial charge in [0, 0.05) is 12.6 Å². The molecule has 25 heavy (non-hydrogen) atoms. The SMILES string of the molecule is CCNC(=O)c1cc(S(=O)(=O)NC(C)c2ccccc2)ccc1OC. The Hall–Kier alpha value is -2.38. The second-order valence-corrected chi connectivity index (χ2v) is 7.19. The van der Waals surface area contributed by atoms with Crippen molar-refractivity contribution >= 4 is 15.9 Å². The molecule has 0 aliphatic rings. The Morgan fingerprint density at radius 2 is 1.84 bits per heavy atom. The van der Waals surface area contributed by atoms with Crippen molar-refractivity contribution in [1.29, 1.82) is 0 Å². The molecule has 2 aromatic carbocycles. The van der Waals surface area contributed by atoms with Crippen LogP contribution in [-0.2, 0) is 10.0 Å². The highest BCUT2D eigenvalue weighted by Crippen LogP contribution is 2.24. The summed E-state index contributed by atoms with van der Waals surface area (Å²) >= 11 is 0. The number of nitrogens with one attached hydrogen (secondary N) is 2. The number of methoxy groups -OCH3 is 1. The van der Waals surface area contributed by atoms with Crippen molar-refractivity contribution in [1.82, 2.24) is 10.0 Å². The molecule has 0 bridgehead atoms. The summed E-state index contributed by atoms with van der Waals surface area (Å²) in [6.07, 6.45) is 0. The van der Waals surface area contributed by atoms with Crippen molar-refractivity contribution in [3.05, 3.63) is 59.7 Å². The van der Waals surface area contributed by atoms with Crippen LogP contribution in [0.2, 0.25) is 0 Å². The van der Waals surface area contributed by atoms with E-state index in [2.05, 4.69) is 10.0 Å². The summed E-state index contributed by atoms with van der Waals surface area (Å²) in [5, 5.41) is 2.65. The van der Waals surface area contributed by atoms with Crippen LogP contribution in [0.1, 0.15) is 35.8 Å². The van der Waals surface area contributed by atoms with E-state index in [9.17, 15) is 13.2 Å². The Morgan fingerprint density at radius 3 is 2.44 bits per heavy atom. The van der Waals surface area contributed by atoms with Crippen LogP contribution in [0.4, 0.5) is 0 Å². The molecule has 2 N–H and O–H groups in total. The zero-order valence-electron chi connectivity index (χ0n) is 14.4. The molecule has 0 spiro atoms. The number of carbonyl (C=O) groups is 1. The van der Waals surface area contributed by atoms with E-state index in [1.54, 1.807) is 13.8 Å². The van der Waals surface area contributed by atoms with Crippen LogP contribution >= 0.6 is 0 Å². The lowest BCUT2D eigenvalue weighted by Crippen LogP contribution is -2.28. The number of hydrogen-bond acceptors (Lipinski definition) is 4.